The second-order valence-electron chi connectivity index (χ2n) is 4.93. The van der Waals surface area contributed by atoms with Crippen molar-refractivity contribution in [2.45, 2.75) is 25.7 Å². The van der Waals surface area contributed by atoms with Crippen molar-refractivity contribution in [2.75, 3.05) is 13.7 Å². The highest BCUT2D eigenvalue weighted by Gasteiger charge is 2.43. The summed E-state index contributed by atoms with van der Waals surface area (Å²) >= 11 is 1.65. The van der Waals surface area contributed by atoms with Gasteiger partial charge in [-0.25, -0.2) is 0 Å². The molecule has 1 aromatic heterocycles. The number of ether oxygens (including phenoxy) is 1. The molecule has 4 heteroatoms. The molecule has 0 radical (unpaired) electrons. The molecule has 0 spiro atoms. The summed E-state index contributed by atoms with van der Waals surface area (Å²) in [6.45, 7) is 0.367. The van der Waals surface area contributed by atoms with Crippen LogP contribution in [0.5, 0.6) is 0 Å². The minimum atomic E-state index is -0.517. The summed E-state index contributed by atoms with van der Waals surface area (Å²) < 4.78 is 4.97. The van der Waals surface area contributed by atoms with Crippen LogP contribution in [0.2, 0.25) is 0 Å². The summed E-state index contributed by atoms with van der Waals surface area (Å²) in [7, 11) is 1.45. The van der Waals surface area contributed by atoms with Gasteiger partial charge < -0.3 is 10.5 Å². The van der Waals surface area contributed by atoms with Crippen molar-refractivity contribution in [3.05, 3.63) is 22.4 Å². The Labute approximate surface area is 106 Å². The maximum atomic E-state index is 12.1. The number of nitrogens with two attached hydrogens (primary N) is 1. The largest absolute Gasteiger partial charge is 0.469 e. The molecule has 2 rings (SSSR count). The Morgan fingerprint density at radius 1 is 1.65 bits per heavy atom. The van der Waals surface area contributed by atoms with E-state index in [1.165, 1.54) is 25.5 Å². The lowest BCUT2D eigenvalue weighted by Gasteiger charge is -2.29. The van der Waals surface area contributed by atoms with Gasteiger partial charge in [-0.3, -0.25) is 4.79 Å². The molecule has 17 heavy (non-hydrogen) atoms. The smallest absolute Gasteiger partial charge is 0.313 e. The van der Waals surface area contributed by atoms with Gasteiger partial charge in [0.1, 0.15) is 0 Å². The van der Waals surface area contributed by atoms with E-state index in [2.05, 4.69) is 11.4 Å². The molecule has 1 aliphatic rings. The van der Waals surface area contributed by atoms with Crippen LogP contribution >= 0.6 is 11.3 Å². The van der Waals surface area contributed by atoms with Crippen molar-refractivity contribution in [3.63, 3.8) is 0 Å². The predicted octanol–water partition coefficient (Wildman–Crippen LogP) is 2.21. The highest BCUT2D eigenvalue weighted by Crippen LogP contribution is 2.42. The topological polar surface area (TPSA) is 52.3 Å². The van der Waals surface area contributed by atoms with Crippen molar-refractivity contribution in [3.8, 4) is 0 Å². The summed E-state index contributed by atoms with van der Waals surface area (Å²) in [5, 5.41) is 4.12. The SMILES string of the molecule is COC(=O)C(CN)(Cc1ccsc1)CC1CC1. The van der Waals surface area contributed by atoms with Gasteiger partial charge in [0.25, 0.3) is 0 Å². The van der Waals surface area contributed by atoms with Crippen LogP contribution in [0, 0.1) is 11.3 Å². The van der Waals surface area contributed by atoms with E-state index in [4.69, 9.17) is 10.5 Å². The summed E-state index contributed by atoms with van der Waals surface area (Å²) in [5.74, 6) is 0.509. The monoisotopic (exact) mass is 253 g/mol. The van der Waals surface area contributed by atoms with E-state index in [-0.39, 0.29) is 5.97 Å². The first-order valence-electron chi connectivity index (χ1n) is 6.00. The van der Waals surface area contributed by atoms with Gasteiger partial charge in [0.2, 0.25) is 0 Å². The van der Waals surface area contributed by atoms with Gasteiger partial charge in [-0.1, -0.05) is 12.8 Å². The van der Waals surface area contributed by atoms with Crippen LogP contribution in [0.25, 0.3) is 0 Å². The molecule has 1 heterocycles. The Hall–Kier alpha value is -0.870. The fourth-order valence-corrected chi connectivity index (χ4v) is 3.01. The minimum Gasteiger partial charge on any atom is -0.469 e. The number of thiophene rings is 1. The molecule has 1 fully saturated rings. The van der Waals surface area contributed by atoms with Crippen molar-refractivity contribution >= 4 is 17.3 Å². The second-order valence-corrected chi connectivity index (χ2v) is 5.71. The fraction of sp³-hybridized carbons (Fsp3) is 0.615. The highest BCUT2D eigenvalue weighted by molar-refractivity contribution is 7.07. The minimum absolute atomic E-state index is 0.155. The van der Waals surface area contributed by atoms with Crippen molar-refractivity contribution < 1.29 is 9.53 Å². The van der Waals surface area contributed by atoms with Gasteiger partial charge >= 0.3 is 5.97 Å². The summed E-state index contributed by atoms with van der Waals surface area (Å²) in [4.78, 5) is 12.1. The first kappa shape index (κ1) is 12.6. The van der Waals surface area contributed by atoms with E-state index in [1.807, 2.05) is 5.38 Å². The Kier molecular flexibility index (Phi) is 3.84. The number of rotatable bonds is 6. The van der Waals surface area contributed by atoms with Gasteiger partial charge in [0.15, 0.2) is 0 Å². The van der Waals surface area contributed by atoms with Crippen LogP contribution in [-0.2, 0) is 16.0 Å². The van der Waals surface area contributed by atoms with Crippen LogP contribution in [0.1, 0.15) is 24.8 Å². The van der Waals surface area contributed by atoms with Crippen molar-refractivity contribution in [2.24, 2.45) is 17.1 Å². The maximum Gasteiger partial charge on any atom is 0.313 e. The Morgan fingerprint density at radius 2 is 2.41 bits per heavy atom. The summed E-state index contributed by atoms with van der Waals surface area (Å²) in [6.07, 6.45) is 4.02. The maximum absolute atomic E-state index is 12.1. The van der Waals surface area contributed by atoms with Gasteiger partial charge in [-0.15, -0.1) is 0 Å². The van der Waals surface area contributed by atoms with Crippen LogP contribution in [0.4, 0.5) is 0 Å². The molecular formula is C13H19NO2S. The van der Waals surface area contributed by atoms with Gasteiger partial charge in [-0.2, -0.15) is 11.3 Å². The number of methoxy groups -OCH3 is 1. The zero-order valence-electron chi connectivity index (χ0n) is 10.1. The molecule has 1 aromatic rings. The molecular weight excluding hydrogens is 234 g/mol. The molecule has 0 aliphatic heterocycles. The third-order valence-corrected chi connectivity index (χ3v) is 4.24. The normalized spacial score (nSPS) is 18.7. The lowest BCUT2D eigenvalue weighted by Crippen LogP contribution is -2.42. The lowest BCUT2D eigenvalue weighted by atomic mass is 9.77. The number of hydrogen-bond donors (Lipinski definition) is 1. The van der Waals surface area contributed by atoms with Gasteiger partial charge in [-0.05, 0) is 41.1 Å². The van der Waals surface area contributed by atoms with E-state index in [0.29, 0.717) is 18.9 Å². The molecule has 94 valence electrons. The Balaban J connectivity index is 2.16. The molecule has 2 N–H and O–H groups in total. The van der Waals surface area contributed by atoms with E-state index in [9.17, 15) is 4.79 Å². The summed E-state index contributed by atoms with van der Waals surface area (Å²) in [5.41, 5.74) is 6.55. The van der Waals surface area contributed by atoms with E-state index >= 15 is 0 Å². The average molecular weight is 253 g/mol. The van der Waals surface area contributed by atoms with Crippen LogP contribution in [-0.4, -0.2) is 19.6 Å². The van der Waals surface area contributed by atoms with E-state index in [1.54, 1.807) is 11.3 Å². The van der Waals surface area contributed by atoms with E-state index in [0.717, 1.165) is 6.42 Å². The highest BCUT2D eigenvalue weighted by atomic mass is 32.1. The quantitative estimate of drug-likeness (QED) is 0.791. The molecule has 0 saturated heterocycles. The van der Waals surface area contributed by atoms with Gasteiger partial charge in [0.05, 0.1) is 12.5 Å². The van der Waals surface area contributed by atoms with Crippen LogP contribution < -0.4 is 5.73 Å². The molecule has 0 amide bonds. The molecule has 1 unspecified atom stereocenters. The van der Waals surface area contributed by atoms with Crippen molar-refractivity contribution in [1.29, 1.82) is 0 Å². The molecule has 0 aromatic carbocycles. The van der Waals surface area contributed by atoms with E-state index < -0.39 is 5.41 Å². The molecule has 1 atom stereocenters. The van der Waals surface area contributed by atoms with Crippen molar-refractivity contribution in [1.82, 2.24) is 0 Å². The molecule has 1 aliphatic carbocycles. The van der Waals surface area contributed by atoms with Crippen LogP contribution in [0.15, 0.2) is 16.8 Å². The summed E-state index contributed by atoms with van der Waals surface area (Å²) in [6, 6.07) is 2.06. The first-order valence-corrected chi connectivity index (χ1v) is 6.94. The number of hydrogen-bond acceptors (Lipinski definition) is 4. The predicted molar refractivity (Wildman–Crippen MR) is 68.9 cm³/mol. The zero-order valence-corrected chi connectivity index (χ0v) is 11.0. The second kappa shape index (κ2) is 5.19. The fourth-order valence-electron chi connectivity index (χ4n) is 2.34. The number of carbonyl (C=O) groups is 1. The zero-order chi connectivity index (χ0) is 12.3. The number of carbonyl (C=O) groups excluding carboxylic acids is 1. The third-order valence-electron chi connectivity index (χ3n) is 3.51. The molecule has 1 saturated carbocycles. The third kappa shape index (κ3) is 2.87. The Morgan fingerprint density at radius 3 is 2.88 bits per heavy atom. The molecule has 0 bridgehead atoms. The first-order chi connectivity index (χ1) is 8.20. The number of esters is 1. The van der Waals surface area contributed by atoms with Gasteiger partial charge in [0, 0.05) is 6.54 Å². The standard InChI is InChI=1S/C13H19NO2S/c1-16-12(15)13(9-14,6-10-2-3-10)7-11-4-5-17-8-11/h4-5,8,10H,2-3,6-7,9,14H2,1H3. The lowest BCUT2D eigenvalue weighted by molar-refractivity contribution is -0.153. The Bertz CT molecular complexity index is 373. The van der Waals surface area contributed by atoms with Crippen LogP contribution in [0.3, 0.4) is 0 Å². The molecule has 3 nitrogen and oxygen atoms in total. The average Bonchev–Trinajstić information content (AvgIpc) is 3.01.